The minimum absolute atomic E-state index is 0.283. The summed E-state index contributed by atoms with van der Waals surface area (Å²) < 4.78 is 0. The van der Waals surface area contributed by atoms with Crippen molar-refractivity contribution in [1.29, 1.82) is 0 Å². The molecule has 0 heterocycles. The summed E-state index contributed by atoms with van der Waals surface area (Å²) in [5, 5.41) is 0. The molecule has 1 unspecified atom stereocenters. The highest BCUT2D eigenvalue weighted by molar-refractivity contribution is 4.78. The molecule has 0 aliphatic carbocycles. The van der Waals surface area contributed by atoms with Crippen LogP contribution in [-0.2, 0) is 0 Å². The molecule has 3 nitrogen and oxygen atoms in total. The van der Waals surface area contributed by atoms with Crippen molar-refractivity contribution in [2.45, 2.75) is 47.5 Å². The Morgan fingerprint density at radius 1 is 0.889 bits per heavy atom. The van der Waals surface area contributed by atoms with Gasteiger partial charge >= 0.3 is 0 Å². The van der Waals surface area contributed by atoms with E-state index in [4.69, 9.17) is 5.73 Å². The number of hydrogen-bond donors (Lipinski definition) is 1. The first-order chi connectivity index (χ1) is 8.55. The van der Waals surface area contributed by atoms with Gasteiger partial charge in [0.2, 0.25) is 0 Å². The van der Waals surface area contributed by atoms with E-state index in [1.807, 2.05) is 0 Å². The summed E-state index contributed by atoms with van der Waals surface area (Å²) in [7, 11) is 0. The van der Waals surface area contributed by atoms with E-state index in [0.29, 0.717) is 0 Å². The van der Waals surface area contributed by atoms with Gasteiger partial charge in [0.25, 0.3) is 0 Å². The van der Waals surface area contributed by atoms with Gasteiger partial charge in [-0.2, -0.15) is 0 Å². The molecule has 0 radical (unpaired) electrons. The summed E-state index contributed by atoms with van der Waals surface area (Å²) >= 11 is 0. The minimum Gasteiger partial charge on any atom is -0.330 e. The van der Waals surface area contributed by atoms with E-state index in [1.165, 1.54) is 19.5 Å². The molecule has 0 bridgehead atoms. The van der Waals surface area contributed by atoms with Gasteiger partial charge in [-0.3, -0.25) is 0 Å². The van der Waals surface area contributed by atoms with E-state index in [0.717, 1.165) is 39.1 Å². The second-order valence-corrected chi connectivity index (χ2v) is 5.62. The molecule has 0 spiro atoms. The maximum atomic E-state index is 5.91. The zero-order chi connectivity index (χ0) is 14.0. The zero-order valence-corrected chi connectivity index (χ0v) is 13.3. The maximum Gasteiger partial charge on any atom is 0.00472 e. The molecule has 1 atom stereocenters. The predicted molar refractivity (Wildman–Crippen MR) is 82.0 cm³/mol. The lowest BCUT2D eigenvalue weighted by atomic mass is 9.87. The van der Waals surface area contributed by atoms with Crippen LogP contribution in [-0.4, -0.2) is 55.6 Å². The Bertz CT molecular complexity index is 186. The van der Waals surface area contributed by atoms with Crippen LogP contribution in [0, 0.1) is 5.41 Å². The standard InChI is InChI=1S/C15H35N3/c1-6-15(5,13-16)14-18(9-4)12-10-11-17(7-2)8-3/h6-14,16H2,1-5H3. The second kappa shape index (κ2) is 9.76. The van der Waals surface area contributed by atoms with Crippen molar-refractivity contribution < 1.29 is 0 Å². The number of rotatable bonds is 11. The van der Waals surface area contributed by atoms with Crippen molar-refractivity contribution >= 4 is 0 Å². The Balaban J connectivity index is 4.04. The molecule has 0 aliphatic rings. The fourth-order valence-electron chi connectivity index (χ4n) is 2.27. The fraction of sp³-hybridized carbons (Fsp3) is 1.00. The summed E-state index contributed by atoms with van der Waals surface area (Å²) in [5.41, 5.74) is 6.19. The Morgan fingerprint density at radius 3 is 1.78 bits per heavy atom. The maximum absolute atomic E-state index is 5.91. The first-order valence-corrected chi connectivity index (χ1v) is 7.69. The van der Waals surface area contributed by atoms with Crippen LogP contribution in [0.3, 0.4) is 0 Å². The van der Waals surface area contributed by atoms with Crippen molar-refractivity contribution in [2.75, 3.05) is 45.8 Å². The van der Waals surface area contributed by atoms with Crippen LogP contribution in [0.4, 0.5) is 0 Å². The lowest BCUT2D eigenvalue weighted by Crippen LogP contribution is -2.41. The van der Waals surface area contributed by atoms with E-state index in [-0.39, 0.29) is 5.41 Å². The van der Waals surface area contributed by atoms with Crippen LogP contribution >= 0.6 is 0 Å². The topological polar surface area (TPSA) is 32.5 Å². The summed E-state index contributed by atoms with van der Waals surface area (Å²) in [6, 6.07) is 0. The molecule has 0 rings (SSSR count). The highest BCUT2D eigenvalue weighted by Crippen LogP contribution is 2.20. The van der Waals surface area contributed by atoms with Crippen molar-refractivity contribution in [2.24, 2.45) is 11.1 Å². The Morgan fingerprint density at radius 2 is 1.39 bits per heavy atom. The molecular weight excluding hydrogens is 222 g/mol. The van der Waals surface area contributed by atoms with E-state index >= 15 is 0 Å². The third kappa shape index (κ3) is 6.72. The highest BCUT2D eigenvalue weighted by atomic mass is 15.1. The molecule has 110 valence electrons. The quantitative estimate of drug-likeness (QED) is 0.617. The van der Waals surface area contributed by atoms with Crippen molar-refractivity contribution in [3.8, 4) is 0 Å². The molecular formula is C15H35N3. The Hall–Kier alpha value is -0.120. The van der Waals surface area contributed by atoms with Crippen LogP contribution in [0.1, 0.15) is 47.5 Å². The van der Waals surface area contributed by atoms with Crippen molar-refractivity contribution in [3.63, 3.8) is 0 Å². The van der Waals surface area contributed by atoms with Crippen LogP contribution in [0.5, 0.6) is 0 Å². The zero-order valence-electron chi connectivity index (χ0n) is 13.3. The number of nitrogens with two attached hydrogens (primary N) is 1. The highest BCUT2D eigenvalue weighted by Gasteiger charge is 2.22. The lowest BCUT2D eigenvalue weighted by molar-refractivity contribution is 0.161. The van der Waals surface area contributed by atoms with Gasteiger partial charge in [0.05, 0.1) is 0 Å². The minimum atomic E-state index is 0.283. The molecule has 3 heteroatoms. The average molecular weight is 257 g/mol. The molecule has 0 saturated carbocycles. The van der Waals surface area contributed by atoms with Gasteiger partial charge < -0.3 is 15.5 Å². The summed E-state index contributed by atoms with van der Waals surface area (Å²) in [6.45, 7) is 19.1. The third-order valence-electron chi connectivity index (χ3n) is 4.24. The molecule has 0 aromatic heterocycles. The Kier molecular flexibility index (Phi) is 9.70. The fourth-order valence-corrected chi connectivity index (χ4v) is 2.27. The summed E-state index contributed by atoms with van der Waals surface area (Å²) in [5.74, 6) is 0. The first kappa shape index (κ1) is 17.9. The average Bonchev–Trinajstić information content (AvgIpc) is 2.42. The molecule has 18 heavy (non-hydrogen) atoms. The van der Waals surface area contributed by atoms with Crippen LogP contribution in [0.2, 0.25) is 0 Å². The van der Waals surface area contributed by atoms with Gasteiger partial charge in [0, 0.05) is 6.54 Å². The molecule has 0 saturated heterocycles. The molecule has 0 aliphatic heterocycles. The molecule has 0 aromatic rings. The second-order valence-electron chi connectivity index (χ2n) is 5.62. The van der Waals surface area contributed by atoms with Gasteiger partial charge in [0.15, 0.2) is 0 Å². The smallest absolute Gasteiger partial charge is 0.00472 e. The van der Waals surface area contributed by atoms with E-state index < -0.39 is 0 Å². The SMILES string of the molecule is CCN(CC)CCCN(CC)CC(C)(CC)CN. The van der Waals surface area contributed by atoms with E-state index in [2.05, 4.69) is 44.4 Å². The van der Waals surface area contributed by atoms with Crippen LogP contribution in [0.15, 0.2) is 0 Å². The molecule has 0 amide bonds. The van der Waals surface area contributed by atoms with E-state index in [9.17, 15) is 0 Å². The van der Waals surface area contributed by atoms with Crippen molar-refractivity contribution in [1.82, 2.24) is 9.80 Å². The monoisotopic (exact) mass is 257 g/mol. The molecule has 0 fully saturated rings. The predicted octanol–water partition coefficient (Wildman–Crippen LogP) is 2.42. The Labute approximate surface area is 115 Å². The first-order valence-electron chi connectivity index (χ1n) is 7.69. The van der Waals surface area contributed by atoms with Gasteiger partial charge in [-0.05, 0) is 57.5 Å². The molecule has 0 aromatic carbocycles. The van der Waals surface area contributed by atoms with Crippen LogP contribution < -0.4 is 5.73 Å². The van der Waals surface area contributed by atoms with Gasteiger partial charge in [-0.25, -0.2) is 0 Å². The number of hydrogen-bond acceptors (Lipinski definition) is 3. The van der Waals surface area contributed by atoms with Gasteiger partial charge in [-0.1, -0.05) is 34.6 Å². The van der Waals surface area contributed by atoms with Crippen molar-refractivity contribution in [3.05, 3.63) is 0 Å². The number of nitrogens with zero attached hydrogens (tertiary/aromatic N) is 2. The largest absolute Gasteiger partial charge is 0.330 e. The van der Waals surface area contributed by atoms with E-state index in [1.54, 1.807) is 0 Å². The van der Waals surface area contributed by atoms with Crippen LogP contribution in [0.25, 0.3) is 0 Å². The van der Waals surface area contributed by atoms with Gasteiger partial charge in [-0.15, -0.1) is 0 Å². The third-order valence-corrected chi connectivity index (χ3v) is 4.24. The summed E-state index contributed by atoms with van der Waals surface area (Å²) in [6.07, 6.45) is 2.43. The molecule has 2 N–H and O–H groups in total. The normalized spacial score (nSPS) is 15.3. The summed E-state index contributed by atoms with van der Waals surface area (Å²) in [4.78, 5) is 5.05. The van der Waals surface area contributed by atoms with Gasteiger partial charge in [0.1, 0.15) is 0 Å². The lowest BCUT2D eigenvalue weighted by Gasteiger charge is -2.33.